The molecule has 0 bridgehead atoms. The lowest BCUT2D eigenvalue weighted by atomic mass is 9.91. The molecular weight excluding hydrogens is 462 g/mol. The molecule has 0 unspecified atom stereocenters. The van der Waals surface area contributed by atoms with Crippen LogP contribution in [0.5, 0.6) is 0 Å². The fraction of sp³-hybridized carbons (Fsp3) is 0.333. The van der Waals surface area contributed by atoms with Gasteiger partial charge in [0, 0.05) is 33.4 Å². The van der Waals surface area contributed by atoms with Gasteiger partial charge in [-0.3, -0.25) is 14.0 Å². The van der Waals surface area contributed by atoms with Gasteiger partial charge < -0.3 is 19.2 Å². The van der Waals surface area contributed by atoms with E-state index < -0.39 is 5.92 Å². The zero-order valence-electron chi connectivity index (χ0n) is 20.1. The monoisotopic (exact) mass is 487 g/mol. The number of benzene rings is 1. The van der Waals surface area contributed by atoms with E-state index in [4.69, 9.17) is 9.72 Å². The molecule has 5 aromatic rings. The Kier molecular flexibility index (Phi) is 5.09. The molecule has 12 nitrogen and oxygen atoms in total. The molecule has 1 aliphatic heterocycles. The fourth-order valence-electron chi connectivity index (χ4n) is 5.24. The number of fused-ring (bicyclic) bond motifs is 2. The maximum Gasteiger partial charge on any atom is 0.326 e. The highest BCUT2D eigenvalue weighted by molar-refractivity contribution is 5.87. The van der Waals surface area contributed by atoms with Crippen LogP contribution in [0.25, 0.3) is 33.6 Å². The Bertz CT molecular complexity index is 1660. The van der Waals surface area contributed by atoms with E-state index in [-0.39, 0.29) is 17.7 Å². The van der Waals surface area contributed by atoms with Gasteiger partial charge in [-0.05, 0) is 18.6 Å². The third kappa shape index (κ3) is 3.36. The van der Waals surface area contributed by atoms with Gasteiger partial charge in [0.15, 0.2) is 17.0 Å². The minimum atomic E-state index is -0.577. The molecule has 6 rings (SSSR count). The number of aromatic nitrogens is 8. The molecule has 0 aliphatic carbocycles. The van der Waals surface area contributed by atoms with Gasteiger partial charge in [0.05, 0.1) is 41.9 Å². The lowest BCUT2D eigenvalue weighted by Crippen LogP contribution is -2.47. The molecule has 0 radical (unpaired) electrons. The summed E-state index contributed by atoms with van der Waals surface area (Å²) in [5, 5.41) is 4.25. The predicted molar refractivity (Wildman–Crippen MR) is 132 cm³/mol. The second-order valence-corrected chi connectivity index (χ2v) is 9.02. The van der Waals surface area contributed by atoms with E-state index >= 15 is 0 Å². The van der Waals surface area contributed by atoms with Gasteiger partial charge in [0.25, 0.3) is 0 Å². The van der Waals surface area contributed by atoms with Crippen LogP contribution in [0.3, 0.4) is 0 Å². The number of carbonyl (C=O) groups is 1. The van der Waals surface area contributed by atoms with Crippen molar-refractivity contribution >= 4 is 34.0 Å². The normalized spacial score (nSPS) is 18.2. The number of nitrogens with one attached hydrogen (secondary N) is 1. The number of aryl methyl sites for hydroxylation is 2. The van der Waals surface area contributed by atoms with Crippen molar-refractivity contribution in [1.29, 1.82) is 0 Å². The third-order valence-corrected chi connectivity index (χ3v) is 6.94. The lowest BCUT2D eigenvalue weighted by Gasteiger charge is -2.38. The zero-order valence-corrected chi connectivity index (χ0v) is 20.1. The summed E-state index contributed by atoms with van der Waals surface area (Å²) in [5.74, 6) is 0.422. The van der Waals surface area contributed by atoms with Crippen molar-refractivity contribution in [3.63, 3.8) is 0 Å². The molecule has 0 saturated carbocycles. The number of esters is 1. The highest BCUT2D eigenvalue weighted by atomic mass is 16.5. The predicted octanol–water partition coefficient (Wildman–Crippen LogP) is 1.65. The molecule has 0 spiro atoms. The third-order valence-electron chi connectivity index (χ3n) is 6.94. The van der Waals surface area contributed by atoms with Crippen molar-refractivity contribution in [3.8, 4) is 11.4 Å². The second kappa shape index (κ2) is 8.33. The summed E-state index contributed by atoms with van der Waals surface area (Å²) >= 11 is 0. The van der Waals surface area contributed by atoms with Gasteiger partial charge in [0.2, 0.25) is 0 Å². The maximum atomic E-state index is 13.0. The van der Waals surface area contributed by atoms with Crippen LogP contribution in [0.15, 0.2) is 47.8 Å². The number of hydrogen-bond acceptors (Lipinski definition) is 8. The number of nitrogens with zero attached hydrogens (tertiary/aromatic N) is 8. The molecule has 36 heavy (non-hydrogen) atoms. The molecule has 12 heteroatoms. The van der Waals surface area contributed by atoms with Gasteiger partial charge in [-0.25, -0.2) is 19.7 Å². The number of imidazole rings is 2. The first kappa shape index (κ1) is 22.0. The van der Waals surface area contributed by atoms with E-state index in [0.717, 1.165) is 22.4 Å². The first-order valence-corrected chi connectivity index (χ1v) is 11.6. The SMILES string of the molecule is COC(=O)[C@H]1CN(c2ncnc3c2nc(-c2cnn(C)c2)n3C)CC[C@H]1n1c(=O)[nH]c2ccccc21. The summed E-state index contributed by atoms with van der Waals surface area (Å²) in [6.45, 7) is 0.906. The van der Waals surface area contributed by atoms with E-state index in [0.29, 0.717) is 36.5 Å². The van der Waals surface area contributed by atoms with Gasteiger partial charge in [-0.2, -0.15) is 5.10 Å². The Morgan fingerprint density at radius 1 is 1.19 bits per heavy atom. The maximum absolute atomic E-state index is 13.0. The molecule has 184 valence electrons. The molecule has 1 aromatic carbocycles. The highest BCUT2D eigenvalue weighted by Gasteiger charge is 2.39. The van der Waals surface area contributed by atoms with E-state index in [1.165, 1.54) is 13.4 Å². The fourth-order valence-corrected chi connectivity index (χ4v) is 5.24. The highest BCUT2D eigenvalue weighted by Crippen LogP contribution is 2.35. The van der Waals surface area contributed by atoms with Crippen molar-refractivity contribution in [2.75, 3.05) is 25.1 Å². The van der Waals surface area contributed by atoms with Crippen molar-refractivity contribution in [1.82, 2.24) is 38.9 Å². The van der Waals surface area contributed by atoms with Crippen molar-refractivity contribution in [3.05, 3.63) is 53.5 Å². The smallest absolute Gasteiger partial charge is 0.326 e. The molecule has 1 fully saturated rings. The Balaban J connectivity index is 1.40. The van der Waals surface area contributed by atoms with E-state index in [1.54, 1.807) is 15.4 Å². The largest absolute Gasteiger partial charge is 0.469 e. The number of carbonyl (C=O) groups excluding carboxylic acids is 1. The molecule has 4 aromatic heterocycles. The summed E-state index contributed by atoms with van der Waals surface area (Å²) in [6.07, 6.45) is 5.71. The average Bonchev–Trinajstić information content (AvgIpc) is 3.57. The molecule has 1 saturated heterocycles. The number of rotatable bonds is 4. The van der Waals surface area contributed by atoms with E-state index in [1.807, 2.05) is 54.0 Å². The summed E-state index contributed by atoms with van der Waals surface area (Å²) in [5.41, 5.74) is 3.47. The first-order valence-electron chi connectivity index (χ1n) is 11.6. The number of ether oxygens (including phenoxy) is 1. The van der Waals surface area contributed by atoms with Crippen LogP contribution in [0, 0.1) is 5.92 Å². The molecule has 0 amide bonds. The minimum Gasteiger partial charge on any atom is -0.469 e. The number of para-hydroxylation sites is 2. The number of anilines is 1. The number of aromatic amines is 1. The molecule has 2 atom stereocenters. The van der Waals surface area contributed by atoms with Gasteiger partial charge in [0.1, 0.15) is 12.2 Å². The average molecular weight is 488 g/mol. The summed E-state index contributed by atoms with van der Waals surface area (Å²) < 4.78 is 10.5. The van der Waals surface area contributed by atoms with Crippen LogP contribution in [0.2, 0.25) is 0 Å². The van der Waals surface area contributed by atoms with Crippen LogP contribution in [-0.2, 0) is 23.6 Å². The number of methoxy groups -OCH3 is 1. The molecule has 1 aliphatic rings. The van der Waals surface area contributed by atoms with Crippen LogP contribution in [0.1, 0.15) is 12.5 Å². The minimum absolute atomic E-state index is 0.237. The Morgan fingerprint density at radius 2 is 2.03 bits per heavy atom. The van der Waals surface area contributed by atoms with E-state index in [2.05, 4.69) is 20.1 Å². The van der Waals surface area contributed by atoms with Gasteiger partial charge in [-0.15, -0.1) is 0 Å². The van der Waals surface area contributed by atoms with Crippen molar-refractivity contribution in [2.45, 2.75) is 12.5 Å². The van der Waals surface area contributed by atoms with Crippen molar-refractivity contribution in [2.24, 2.45) is 20.0 Å². The quantitative estimate of drug-likeness (QED) is 0.379. The van der Waals surface area contributed by atoms with Gasteiger partial charge in [-0.1, -0.05) is 12.1 Å². The van der Waals surface area contributed by atoms with Crippen LogP contribution in [-0.4, -0.2) is 65.0 Å². The van der Waals surface area contributed by atoms with Crippen LogP contribution >= 0.6 is 0 Å². The standard InChI is InChI=1S/C24H25N9O3/c1-30-11-14(10-27-30)20-29-19-21(31(20)2)25-13-26-22(19)32-9-8-17(15(12-32)23(34)36-3)33-18-7-5-4-6-16(18)28-24(33)35/h4-7,10-11,13,15,17H,8-9,12H2,1-3H3,(H,28,35)/t15-,17+/m0/s1. The summed E-state index contributed by atoms with van der Waals surface area (Å²) in [4.78, 5) is 44.7. The van der Waals surface area contributed by atoms with Crippen LogP contribution in [0.4, 0.5) is 5.82 Å². The second-order valence-electron chi connectivity index (χ2n) is 9.02. The molecule has 1 N–H and O–H groups in total. The zero-order chi connectivity index (χ0) is 25.0. The van der Waals surface area contributed by atoms with E-state index in [9.17, 15) is 9.59 Å². The first-order chi connectivity index (χ1) is 17.5. The Morgan fingerprint density at radius 3 is 2.81 bits per heavy atom. The number of H-pyrrole nitrogens is 1. The van der Waals surface area contributed by atoms with Crippen molar-refractivity contribution < 1.29 is 9.53 Å². The number of hydrogen-bond donors (Lipinski definition) is 1. The topological polar surface area (TPSA) is 129 Å². The molecular formula is C24H25N9O3. The lowest BCUT2D eigenvalue weighted by molar-refractivity contribution is -0.147. The summed E-state index contributed by atoms with van der Waals surface area (Å²) in [7, 11) is 5.13. The Labute approximate surface area is 205 Å². The molecule has 5 heterocycles. The van der Waals surface area contributed by atoms with Crippen LogP contribution < -0.4 is 10.6 Å². The Hall–Kier alpha value is -4.48. The van der Waals surface area contributed by atoms with Gasteiger partial charge >= 0.3 is 11.7 Å². The summed E-state index contributed by atoms with van der Waals surface area (Å²) in [6, 6.07) is 7.14. The number of piperidine rings is 1.